The molecule has 0 radical (unpaired) electrons. The molecular formula is C9H7ClN2O2. The van der Waals surface area contributed by atoms with E-state index in [-0.39, 0.29) is 0 Å². The number of carbonyl (C=O) groups excluding carboxylic acids is 1. The van der Waals surface area contributed by atoms with Gasteiger partial charge in [-0.1, -0.05) is 0 Å². The number of rotatable bonds is 1. The van der Waals surface area contributed by atoms with Gasteiger partial charge in [-0.05, 0) is 6.07 Å². The highest BCUT2D eigenvalue weighted by atomic mass is 35.5. The molecule has 0 bridgehead atoms. The molecule has 2 heterocycles. The Labute approximate surface area is 85.2 Å². The fourth-order valence-electron chi connectivity index (χ4n) is 1.44. The Morgan fingerprint density at radius 2 is 2.36 bits per heavy atom. The van der Waals surface area contributed by atoms with Crippen LogP contribution in [0.3, 0.4) is 0 Å². The lowest BCUT2D eigenvalue weighted by molar-refractivity contribution is 0.0752. The highest BCUT2D eigenvalue weighted by molar-refractivity contribution is 6.17. The summed E-state index contributed by atoms with van der Waals surface area (Å²) in [6, 6.07) is 1.87. The average Bonchev–Trinajstić information content (AvgIpc) is 2.59. The van der Waals surface area contributed by atoms with Crippen LogP contribution in [-0.2, 0) is 11.3 Å². The molecule has 0 atom stereocenters. The smallest absolute Gasteiger partial charge is 0.350 e. The molecule has 4 nitrogen and oxygen atoms in total. The fourth-order valence-corrected chi connectivity index (χ4v) is 1.53. The maximum atomic E-state index is 11.3. The molecule has 14 heavy (non-hydrogen) atoms. The third-order valence-electron chi connectivity index (χ3n) is 2.07. The molecule has 2 rings (SSSR count). The summed E-state index contributed by atoms with van der Waals surface area (Å²) in [5.41, 5.74) is 1.13. The van der Waals surface area contributed by atoms with Crippen LogP contribution in [0.25, 0.3) is 10.9 Å². The van der Waals surface area contributed by atoms with E-state index in [1.807, 2.05) is 23.9 Å². The molecule has 0 aliphatic carbocycles. The molecule has 0 amide bonds. The minimum Gasteiger partial charge on any atom is -0.350 e. The number of aromatic nitrogens is 2. The first-order valence-corrected chi connectivity index (χ1v) is 4.27. The first kappa shape index (κ1) is 9.02. The van der Waals surface area contributed by atoms with Crippen molar-refractivity contribution in [2.45, 2.75) is 0 Å². The van der Waals surface area contributed by atoms with Gasteiger partial charge in [-0.2, -0.15) is 0 Å². The standard InChI is InChI=1S/C9H7ClN2O2/c1-12-3-2-6-4-11-5-7(8(6)12)9(13)14-10/h2-5H,1H3. The van der Waals surface area contributed by atoms with Crippen molar-refractivity contribution in [2.75, 3.05) is 0 Å². The molecule has 2 aromatic rings. The van der Waals surface area contributed by atoms with Crippen LogP contribution in [0.4, 0.5) is 0 Å². The van der Waals surface area contributed by atoms with E-state index in [1.165, 1.54) is 6.20 Å². The van der Waals surface area contributed by atoms with Crippen molar-refractivity contribution in [2.24, 2.45) is 7.05 Å². The molecule has 0 N–H and O–H groups in total. The van der Waals surface area contributed by atoms with E-state index >= 15 is 0 Å². The predicted molar refractivity (Wildman–Crippen MR) is 52.0 cm³/mol. The third kappa shape index (κ3) is 1.24. The molecule has 0 saturated carbocycles. The molecule has 0 saturated heterocycles. The van der Waals surface area contributed by atoms with Crippen LogP contribution < -0.4 is 0 Å². The number of fused-ring (bicyclic) bond motifs is 1. The largest absolute Gasteiger partial charge is 0.359 e. The van der Waals surface area contributed by atoms with E-state index in [1.54, 1.807) is 6.20 Å². The average molecular weight is 211 g/mol. The Morgan fingerprint density at radius 3 is 3.07 bits per heavy atom. The number of pyridine rings is 1. The first-order valence-electron chi connectivity index (χ1n) is 3.96. The van der Waals surface area contributed by atoms with Crippen LogP contribution in [0, 0.1) is 0 Å². The van der Waals surface area contributed by atoms with Crippen molar-refractivity contribution in [1.29, 1.82) is 0 Å². The van der Waals surface area contributed by atoms with Crippen LogP contribution in [0.15, 0.2) is 24.7 Å². The summed E-state index contributed by atoms with van der Waals surface area (Å²) in [7, 11) is 1.84. The van der Waals surface area contributed by atoms with Gasteiger partial charge in [0.15, 0.2) is 0 Å². The quantitative estimate of drug-likeness (QED) is 0.722. The SMILES string of the molecule is Cn1ccc2cncc(C(=O)OCl)c21. The molecule has 0 unspecified atom stereocenters. The molecule has 5 heteroatoms. The molecular weight excluding hydrogens is 204 g/mol. The number of nitrogens with zero attached hydrogens (tertiary/aromatic N) is 2. The number of hydrogen-bond acceptors (Lipinski definition) is 3. The maximum Gasteiger partial charge on any atom is 0.359 e. The molecule has 0 aromatic carbocycles. The Kier molecular flexibility index (Phi) is 2.13. The highest BCUT2D eigenvalue weighted by Crippen LogP contribution is 2.18. The van der Waals surface area contributed by atoms with E-state index in [2.05, 4.69) is 9.27 Å². The van der Waals surface area contributed by atoms with Crippen LogP contribution >= 0.6 is 11.9 Å². The van der Waals surface area contributed by atoms with Gasteiger partial charge in [-0.25, -0.2) is 4.79 Å². The third-order valence-corrected chi connectivity index (χ3v) is 2.21. The highest BCUT2D eigenvalue weighted by Gasteiger charge is 2.13. The van der Waals surface area contributed by atoms with Gasteiger partial charge in [0.05, 0.1) is 5.52 Å². The van der Waals surface area contributed by atoms with E-state index in [4.69, 9.17) is 11.9 Å². The van der Waals surface area contributed by atoms with E-state index in [0.29, 0.717) is 5.56 Å². The van der Waals surface area contributed by atoms with Crippen molar-refractivity contribution < 1.29 is 9.08 Å². The second-order valence-electron chi connectivity index (χ2n) is 2.92. The predicted octanol–water partition coefficient (Wildman–Crippen LogP) is 1.88. The summed E-state index contributed by atoms with van der Waals surface area (Å²) in [6.45, 7) is 0. The van der Waals surface area contributed by atoms with E-state index in [0.717, 1.165) is 10.9 Å². The minimum absolute atomic E-state index is 0.366. The number of carbonyl (C=O) groups is 1. The van der Waals surface area contributed by atoms with Crippen molar-refractivity contribution >= 4 is 28.7 Å². The van der Waals surface area contributed by atoms with Crippen molar-refractivity contribution in [3.63, 3.8) is 0 Å². The topological polar surface area (TPSA) is 44.1 Å². The van der Waals surface area contributed by atoms with Gasteiger partial charge in [0.2, 0.25) is 0 Å². The summed E-state index contributed by atoms with van der Waals surface area (Å²) in [5.74, 6) is -0.591. The van der Waals surface area contributed by atoms with Crippen LogP contribution in [-0.4, -0.2) is 15.5 Å². The van der Waals surface area contributed by atoms with Crippen molar-refractivity contribution in [3.05, 3.63) is 30.2 Å². The summed E-state index contributed by atoms with van der Waals surface area (Å²) < 4.78 is 5.97. The van der Waals surface area contributed by atoms with Gasteiger partial charge >= 0.3 is 5.97 Å². The fraction of sp³-hybridized carbons (Fsp3) is 0.111. The Balaban J connectivity index is 2.75. The lowest BCUT2D eigenvalue weighted by atomic mass is 10.2. The van der Waals surface area contributed by atoms with Gasteiger partial charge < -0.3 is 8.86 Å². The summed E-state index contributed by atoms with van der Waals surface area (Å²) in [6.07, 6.45) is 4.96. The van der Waals surface area contributed by atoms with Crippen LogP contribution in [0.2, 0.25) is 0 Å². The molecule has 2 aromatic heterocycles. The number of aryl methyl sites for hydroxylation is 1. The van der Waals surface area contributed by atoms with Crippen LogP contribution in [0.1, 0.15) is 10.4 Å². The van der Waals surface area contributed by atoms with E-state index < -0.39 is 5.97 Å². The van der Waals surface area contributed by atoms with Crippen molar-refractivity contribution in [1.82, 2.24) is 9.55 Å². The normalized spacial score (nSPS) is 10.4. The van der Waals surface area contributed by atoms with Crippen molar-refractivity contribution in [3.8, 4) is 0 Å². The number of hydrogen-bond donors (Lipinski definition) is 0. The Hall–Kier alpha value is -1.55. The summed E-state index contributed by atoms with van der Waals surface area (Å²) in [4.78, 5) is 15.2. The zero-order valence-electron chi connectivity index (χ0n) is 7.40. The lowest BCUT2D eigenvalue weighted by Gasteiger charge is -2.01. The summed E-state index contributed by atoms with van der Waals surface area (Å²) in [5, 5.41) is 0.882. The first-order chi connectivity index (χ1) is 6.74. The lowest BCUT2D eigenvalue weighted by Crippen LogP contribution is -2.02. The van der Waals surface area contributed by atoms with E-state index in [9.17, 15) is 4.79 Å². The zero-order chi connectivity index (χ0) is 10.1. The van der Waals surface area contributed by atoms with Gasteiger partial charge in [0.25, 0.3) is 0 Å². The Bertz CT molecular complexity index is 493. The van der Waals surface area contributed by atoms with Gasteiger partial charge in [0, 0.05) is 31.0 Å². The number of halogens is 1. The minimum atomic E-state index is -0.591. The van der Waals surface area contributed by atoms with Gasteiger partial charge in [-0.3, -0.25) is 4.98 Å². The molecule has 72 valence electrons. The van der Waals surface area contributed by atoms with Crippen LogP contribution in [0.5, 0.6) is 0 Å². The second kappa shape index (κ2) is 3.31. The molecule has 0 aliphatic rings. The van der Waals surface area contributed by atoms with Gasteiger partial charge in [0.1, 0.15) is 17.4 Å². The molecule has 0 spiro atoms. The summed E-state index contributed by atoms with van der Waals surface area (Å²) >= 11 is 5.02. The second-order valence-corrected chi connectivity index (χ2v) is 3.07. The Morgan fingerprint density at radius 1 is 1.57 bits per heavy atom. The maximum absolute atomic E-state index is 11.3. The monoisotopic (exact) mass is 210 g/mol. The van der Waals surface area contributed by atoms with Gasteiger partial charge in [-0.15, -0.1) is 0 Å². The molecule has 0 fully saturated rings. The zero-order valence-corrected chi connectivity index (χ0v) is 8.15. The molecule has 0 aliphatic heterocycles.